The molecule has 9 heteroatoms. The quantitative estimate of drug-likeness (QED) is 0.788. The van der Waals surface area contributed by atoms with Crippen LogP contribution in [0.4, 0.5) is 10.1 Å². The first-order valence-electron chi connectivity index (χ1n) is 6.23. The van der Waals surface area contributed by atoms with Gasteiger partial charge >= 0.3 is 0 Å². The van der Waals surface area contributed by atoms with Crippen LogP contribution in [0, 0.1) is 5.82 Å². The van der Waals surface area contributed by atoms with E-state index in [4.69, 9.17) is 16.0 Å². The van der Waals surface area contributed by atoms with Crippen LogP contribution in [0.25, 0.3) is 0 Å². The van der Waals surface area contributed by atoms with Crippen molar-refractivity contribution >= 4 is 46.7 Å². The van der Waals surface area contributed by atoms with Gasteiger partial charge in [0.05, 0.1) is 16.0 Å². The van der Waals surface area contributed by atoms with E-state index < -0.39 is 11.1 Å². The number of halogens is 2. The summed E-state index contributed by atoms with van der Waals surface area (Å²) in [5.74, 6) is 0.349. The highest BCUT2D eigenvalue weighted by Crippen LogP contribution is 2.25. The SMILES string of the molecule is CSCc1nnc(SC(C)C(=O)Nc2ccc(F)c(Cl)c2)o1. The van der Waals surface area contributed by atoms with Gasteiger partial charge in [-0.1, -0.05) is 23.4 Å². The summed E-state index contributed by atoms with van der Waals surface area (Å²) in [6.07, 6.45) is 1.93. The number of amides is 1. The molecule has 0 saturated carbocycles. The number of nitrogens with one attached hydrogen (secondary N) is 1. The number of thioether (sulfide) groups is 2. The van der Waals surface area contributed by atoms with Crippen LogP contribution in [0.2, 0.25) is 5.02 Å². The van der Waals surface area contributed by atoms with E-state index in [9.17, 15) is 9.18 Å². The number of aromatic nitrogens is 2. The van der Waals surface area contributed by atoms with Crippen molar-refractivity contribution in [3.8, 4) is 0 Å². The standard InChI is InChI=1S/C13H13ClFN3O2S2/c1-7(22-13-18-17-11(20-13)6-21-2)12(19)16-8-3-4-10(15)9(14)5-8/h3-5,7H,6H2,1-2H3,(H,16,19). The lowest BCUT2D eigenvalue weighted by Gasteiger charge is -2.10. The molecular formula is C13H13ClFN3O2S2. The molecular weight excluding hydrogens is 349 g/mol. The minimum atomic E-state index is -0.533. The first kappa shape index (κ1) is 17.1. The molecule has 1 aromatic heterocycles. The van der Waals surface area contributed by atoms with Crippen LogP contribution in [0.1, 0.15) is 12.8 Å². The Morgan fingerprint density at radius 2 is 2.27 bits per heavy atom. The number of carbonyl (C=O) groups excluding carboxylic acids is 1. The molecule has 5 nitrogen and oxygen atoms in total. The van der Waals surface area contributed by atoms with E-state index in [1.54, 1.807) is 18.7 Å². The van der Waals surface area contributed by atoms with Crippen LogP contribution >= 0.6 is 35.1 Å². The van der Waals surface area contributed by atoms with Gasteiger partial charge in [-0.2, -0.15) is 11.8 Å². The molecule has 1 heterocycles. The van der Waals surface area contributed by atoms with Gasteiger partial charge in [-0.25, -0.2) is 4.39 Å². The normalized spacial score (nSPS) is 12.2. The minimum Gasteiger partial charge on any atom is -0.415 e. The fraction of sp³-hybridized carbons (Fsp3) is 0.308. The van der Waals surface area contributed by atoms with Gasteiger partial charge in [-0.3, -0.25) is 4.79 Å². The number of anilines is 1. The number of carbonyl (C=O) groups is 1. The number of rotatable bonds is 6. The third-order valence-corrected chi connectivity index (χ3v) is 4.31. The Labute approximate surface area is 140 Å². The third kappa shape index (κ3) is 4.62. The van der Waals surface area contributed by atoms with Crippen LogP contribution in [-0.4, -0.2) is 27.6 Å². The molecule has 1 amide bonds. The Morgan fingerprint density at radius 1 is 1.50 bits per heavy atom. The predicted octanol–water partition coefficient (Wildman–Crippen LogP) is 3.84. The lowest BCUT2D eigenvalue weighted by atomic mass is 10.3. The van der Waals surface area contributed by atoms with Crippen LogP contribution in [0.5, 0.6) is 0 Å². The summed E-state index contributed by atoms with van der Waals surface area (Å²) in [7, 11) is 0. The third-order valence-electron chi connectivity index (χ3n) is 2.55. The first-order chi connectivity index (χ1) is 10.5. The lowest BCUT2D eigenvalue weighted by Crippen LogP contribution is -2.22. The smallest absolute Gasteiger partial charge is 0.277 e. The predicted molar refractivity (Wildman–Crippen MR) is 86.9 cm³/mol. The summed E-state index contributed by atoms with van der Waals surface area (Å²) in [6.45, 7) is 1.71. The Hall–Kier alpha value is -1.25. The maximum Gasteiger partial charge on any atom is 0.277 e. The van der Waals surface area contributed by atoms with E-state index in [1.807, 2.05) is 6.26 Å². The van der Waals surface area contributed by atoms with Crippen LogP contribution in [0.3, 0.4) is 0 Å². The summed E-state index contributed by atoms with van der Waals surface area (Å²) in [5, 5.41) is 10.2. The van der Waals surface area contributed by atoms with Gasteiger partial charge < -0.3 is 9.73 Å². The second kappa shape index (κ2) is 7.85. The van der Waals surface area contributed by atoms with Crippen molar-refractivity contribution in [2.24, 2.45) is 0 Å². The average molecular weight is 362 g/mol. The maximum absolute atomic E-state index is 13.1. The van der Waals surface area contributed by atoms with Gasteiger partial charge in [0.15, 0.2) is 0 Å². The summed E-state index contributed by atoms with van der Waals surface area (Å²) >= 11 is 8.40. The monoisotopic (exact) mass is 361 g/mol. The fourth-order valence-electron chi connectivity index (χ4n) is 1.49. The topological polar surface area (TPSA) is 68.0 Å². The molecule has 0 radical (unpaired) electrons. The van der Waals surface area contributed by atoms with E-state index in [0.717, 1.165) is 11.8 Å². The summed E-state index contributed by atoms with van der Waals surface area (Å²) < 4.78 is 18.5. The molecule has 0 bridgehead atoms. The summed E-state index contributed by atoms with van der Waals surface area (Å²) in [4.78, 5) is 12.1. The van der Waals surface area contributed by atoms with Crippen molar-refractivity contribution in [1.82, 2.24) is 10.2 Å². The molecule has 118 valence electrons. The minimum absolute atomic E-state index is 0.0447. The van der Waals surface area contributed by atoms with Gasteiger partial charge in [0.1, 0.15) is 5.82 Å². The first-order valence-corrected chi connectivity index (χ1v) is 8.88. The van der Waals surface area contributed by atoms with Crippen LogP contribution in [-0.2, 0) is 10.5 Å². The molecule has 0 aliphatic heterocycles. The summed E-state index contributed by atoms with van der Waals surface area (Å²) in [6, 6.07) is 4.00. The van der Waals surface area contributed by atoms with Crippen LogP contribution < -0.4 is 5.32 Å². The molecule has 22 heavy (non-hydrogen) atoms. The van der Waals surface area contributed by atoms with Crippen molar-refractivity contribution in [3.63, 3.8) is 0 Å². The number of nitrogens with zero attached hydrogens (tertiary/aromatic N) is 2. The molecule has 1 atom stereocenters. The van der Waals surface area contributed by atoms with Gasteiger partial charge in [-0.15, -0.1) is 10.2 Å². The van der Waals surface area contributed by atoms with Crippen molar-refractivity contribution < 1.29 is 13.6 Å². The molecule has 1 N–H and O–H groups in total. The summed E-state index contributed by atoms with van der Waals surface area (Å²) in [5.41, 5.74) is 0.428. The van der Waals surface area contributed by atoms with Crippen molar-refractivity contribution in [2.75, 3.05) is 11.6 Å². The number of hydrogen-bond donors (Lipinski definition) is 1. The Bertz CT molecular complexity index is 668. The van der Waals surface area contributed by atoms with Crippen molar-refractivity contribution in [3.05, 3.63) is 34.9 Å². The highest BCUT2D eigenvalue weighted by molar-refractivity contribution is 8.00. The van der Waals surface area contributed by atoms with Crippen LogP contribution in [0.15, 0.2) is 27.8 Å². The Morgan fingerprint density at radius 3 is 2.95 bits per heavy atom. The molecule has 2 rings (SSSR count). The average Bonchev–Trinajstić information content (AvgIpc) is 2.90. The molecule has 0 spiro atoms. The molecule has 2 aromatic rings. The van der Waals surface area contributed by atoms with Gasteiger partial charge in [-0.05, 0) is 31.4 Å². The maximum atomic E-state index is 13.1. The van der Waals surface area contributed by atoms with E-state index in [2.05, 4.69) is 15.5 Å². The fourth-order valence-corrected chi connectivity index (χ4v) is 2.73. The zero-order valence-electron chi connectivity index (χ0n) is 11.8. The molecule has 0 aliphatic carbocycles. The largest absolute Gasteiger partial charge is 0.415 e. The Balaban J connectivity index is 1.94. The molecule has 1 unspecified atom stereocenters. The second-order valence-electron chi connectivity index (χ2n) is 4.27. The van der Waals surface area contributed by atoms with Gasteiger partial charge in [0.2, 0.25) is 11.8 Å². The highest BCUT2D eigenvalue weighted by atomic mass is 35.5. The molecule has 1 aromatic carbocycles. The van der Waals surface area contributed by atoms with E-state index in [-0.39, 0.29) is 10.9 Å². The van der Waals surface area contributed by atoms with Gasteiger partial charge in [0, 0.05) is 5.69 Å². The Kier molecular flexibility index (Phi) is 6.10. The van der Waals surface area contributed by atoms with E-state index in [1.165, 1.54) is 18.2 Å². The molecule has 0 aliphatic rings. The second-order valence-corrected chi connectivity index (χ2v) is 6.84. The van der Waals surface area contributed by atoms with Crippen molar-refractivity contribution in [2.45, 2.75) is 23.1 Å². The van der Waals surface area contributed by atoms with Crippen molar-refractivity contribution in [1.29, 1.82) is 0 Å². The van der Waals surface area contributed by atoms with Gasteiger partial charge in [0.25, 0.3) is 5.22 Å². The number of benzene rings is 1. The molecule has 0 saturated heterocycles. The highest BCUT2D eigenvalue weighted by Gasteiger charge is 2.18. The number of hydrogen-bond acceptors (Lipinski definition) is 6. The lowest BCUT2D eigenvalue weighted by molar-refractivity contribution is -0.115. The molecule has 0 fully saturated rings. The zero-order chi connectivity index (χ0) is 16.1. The zero-order valence-corrected chi connectivity index (χ0v) is 14.2. The van der Waals surface area contributed by atoms with E-state index >= 15 is 0 Å². The van der Waals surface area contributed by atoms with E-state index in [0.29, 0.717) is 22.6 Å².